The Hall–Kier alpha value is -0.530. The SMILES string of the molecule is CNC1(C)CCCc2ccccc2C1.Cl. The zero-order valence-electron chi connectivity index (χ0n) is 9.55. The fourth-order valence-electron chi connectivity index (χ4n) is 2.36. The summed E-state index contributed by atoms with van der Waals surface area (Å²) < 4.78 is 0. The van der Waals surface area contributed by atoms with Crippen LogP contribution in [0.5, 0.6) is 0 Å². The standard InChI is InChI=1S/C13H19N.ClH/c1-13(14-2)9-5-8-11-6-3-4-7-12(11)10-13;/h3-4,6-7,14H,5,8-10H2,1-2H3;1H. The lowest BCUT2D eigenvalue weighted by Crippen LogP contribution is -2.41. The summed E-state index contributed by atoms with van der Waals surface area (Å²) >= 11 is 0. The Morgan fingerprint density at radius 1 is 1.20 bits per heavy atom. The van der Waals surface area contributed by atoms with Gasteiger partial charge >= 0.3 is 0 Å². The van der Waals surface area contributed by atoms with Crippen LogP contribution in [0.1, 0.15) is 30.9 Å². The molecule has 1 aromatic rings. The van der Waals surface area contributed by atoms with Crippen molar-refractivity contribution in [3.63, 3.8) is 0 Å². The quantitative estimate of drug-likeness (QED) is 0.725. The van der Waals surface area contributed by atoms with Crippen molar-refractivity contribution in [1.82, 2.24) is 5.32 Å². The fourth-order valence-corrected chi connectivity index (χ4v) is 2.36. The van der Waals surface area contributed by atoms with Gasteiger partial charge in [-0.25, -0.2) is 0 Å². The molecule has 15 heavy (non-hydrogen) atoms. The predicted molar refractivity (Wildman–Crippen MR) is 67.8 cm³/mol. The molecule has 0 aliphatic heterocycles. The summed E-state index contributed by atoms with van der Waals surface area (Å²) in [7, 11) is 2.08. The summed E-state index contributed by atoms with van der Waals surface area (Å²) in [6.07, 6.45) is 4.99. The Balaban J connectivity index is 0.00000112. The third-order valence-electron chi connectivity index (χ3n) is 3.48. The number of rotatable bonds is 1. The van der Waals surface area contributed by atoms with E-state index >= 15 is 0 Å². The second-order valence-electron chi connectivity index (χ2n) is 4.61. The molecule has 0 saturated heterocycles. The number of hydrogen-bond donors (Lipinski definition) is 1. The molecule has 1 aliphatic carbocycles. The molecule has 0 aromatic heterocycles. The number of fused-ring (bicyclic) bond motifs is 1. The van der Waals surface area contributed by atoms with E-state index in [1.807, 2.05) is 0 Å². The average molecular weight is 226 g/mol. The largest absolute Gasteiger partial charge is 0.314 e. The van der Waals surface area contributed by atoms with Crippen molar-refractivity contribution in [2.45, 2.75) is 38.1 Å². The summed E-state index contributed by atoms with van der Waals surface area (Å²) in [5.74, 6) is 0. The summed E-state index contributed by atoms with van der Waals surface area (Å²) in [6, 6.07) is 8.86. The van der Waals surface area contributed by atoms with Crippen LogP contribution in [-0.2, 0) is 12.8 Å². The van der Waals surface area contributed by atoms with Crippen molar-refractivity contribution in [2.75, 3.05) is 7.05 Å². The molecule has 84 valence electrons. The number of nitrogens with one attached hydrogen (secondary N) is 1. The third kappa shape index (κ3) is 2.73. The van der Waals surface area contributed by atoms with Gasteiger partial charge in [-0.15, -0.1) is 12.4 Å². The van der Waals surface area contributed by atoms with Gasteiger partial charge in [-0.1, -0.05) is 24.3 Å². The molecule has 1 aromatic carbocycles. The highest BCUT2D eigenvalue weighted by Crippen LogP contribution is 2.26. The lowest BCUT2D eigenvalue weighted by atomic mass is 9.90. The van der Waals surface area contributed by atoms with Crippen molar-refractivity contribution in [1.29, 1.82) is 0 Å². The first kappa shape index (κ1) is 12.5. The number of aryl methyl sites for hydroxylation is 1. The second-order valence-corrected chi connectivity index (χ2v) is 4.61. The Kier molecular flexibility index (Phi) is 4.18. The predicted octanol–water partition coefficient (Wildman–Crippen LogP) is 2.97. The topological polar surface area (TPSA) is 12.0 Å². The van der Waals surface area contributed by atoms with E-state index in [4.69, 9.17) is 0 Å². The maximum Gasteiger partial charge on any atom is 0.0190 e. The molecular weight excluding hydrogens is 206 g/mol. The highest BCUT2D eigenvalue weighted by molar-refractivity contribution is 5.85. The molecule has 0 fully saturated rings. The van der Waals surface area contributed by atoms with Crippen molar-refractivity contribution in [3.8, 4) is 0 Å². The van der Waals surface area contributed by atoms with Crippen LogP contribution in [-0.4, -0.2) is 12.6 Å². The van der Waals surface area contributed by atoms with Crippen LogP contribution in [0.2, 0.25) is 0 Å². The van der Waals surface area contributed by atoms with E-state index in [-0.39, 0.29) is 12.4 Å². The van der Waals surface area contributed by atoms with E-state index in [1.54, 1.807) is 5.56 Å². The normalized spacial score (nSPS) is 24.9. The second kappa shape index (κ2) is 5.00. The first-order valence-electron chi connectivity index (χ1n) is 5.49. The van der Waals surface area contributed by atoms with Gasteiger partial charge in [0.15, 0.2) is 0 Å². The lowest BCUT2D eigenvalue weighted by molar-refractivity contribution is 0.354. The smallest absolute Gasteiger partial charge is 0.0190 e. The number of benzene rings is 1. The molecule has 1 aliphatic rings. The maximum absolute atomic E-state index is 3.46. The highest BCUT2D eigenvalue weighted by atomic mass is 35.5. The number of likely N-dealkylation sites (N-methyl/N-ethyl adjacent to an activating group) is 1. The zero-order valence-corrected chi connectivity index (χ0v) is 10.4. The molecule has 0 heterocycles. The van der Waals surface area contributed by atoms with Crippen LogP contribution < -0.4 is 5.32 Å². The van der Waals surface area contributed by atoms with Crippen LogP contribution in [0.4, 0.5) is 0 Å². The van der Waals surface area contributed by atoms with E-state index in [9.17, 15) is 0 Å². The van der Waals surface area contributed by atoms with Crippen LogP contribution in [0, 0.1) is 0 Å². The van der Waals surface area contributed by atoms with Gasteiger partial charge in [0.1, 0.15) is 0 Å². The molecule has 0 amide bonds. The van der Waals surface area contributed by atoms with E-state index in [1.165, 1.54) is 31.2 Å². The number of hydrogen-bond acceptors (Lipinski definition) is 1. The van der Waals surface area contributed by atoms with Crippen LogP contribution in [0.25, 0.3) is 0 Å². The van der Waals surface area contributed by atoms with Gasteiger partial charge in [-0.2, -0.15) is 0 Å². The fraction of sp³-hybridized carbons (Fsp3) is 0.538. The van der Waals surface area contributed by atoms with Crippen molar-refractivity contribution in [2.24, 2.45) is 0 Å². The third-order valence-corrected chi connectivity index (χ3v) is 3.48. The molecule has 1 N–H and O–H groups in total. The van der Waals surface area contributed by atoms with Gasteiger partial charge in [0.2, 0.25) is 0 Å². The highest BCUT2D eigenvalue weighted by Gasteiger charge is 2.25. The van der Waals surface area contributed by atoms with Gasteiger partial charge in [0.05, 0.1) is 0 Å². The van der Waals surface area contributed by atoms with Gasteiger partial charge < -0.3 is 5.32 Å². The molecule has 0 saturated carbocycles. The molecule has 2 rings (SSSR count). The van der Waals surface area contributed by atoms with Gasteiger partial charge in [0, 0.05) is 5.54 Å². The zero-order chi connectivity index (χ0) is 10.0. The van der Waals surface area contributed by atoms with E-state index in [0.29, 0.717) is 5.54 Å². The minimum Gasteiger partial charge on any atom is -0.314 e. The summed E-state index contributed by atoms with van der Waals surface area (Å²) in [4.78, 5) is 0. The summed E-state index contributed by atoms with van der Waals surface area (Å²) in [5.41, 5.74) is 3.38. The van der Waals surface area contributed by atoms with E-state index in [0.717, 1.165) is 0 Å². The van der Waals surface area contributed by atoms with Crippen molar-refractivity contribution in [3.05, 3.63) is 35.4 Å². The first-order valence-corrected chi connectivity index (χ1v) is 5.49. The molecule has 2 heteroatoms. The minimum atomic E-state index is 0. The molecule has 1 unspecified atom stereocenters. The Bertz CT molecular complexity index is 324. The summed E-state index contributed by atoms with van der Waals surface area (Å²) in [5, 5.41) is 3.46. The van der Waals surface area contributed by atoms with E-state index < -0.39 is 0 Å². The Labute approximate surface area is 98.7 Å². The maximum atomic E-state index is 3.46. The average Bonchev–Trinajstić information content (AvgIpc) is 2.37. The van der Waals surface area contributed by atoms with Gasteiger partial charge in [-0.3, -0.25) is 0 Å². The Morgan fingerprint density at radius 3 is 2.53 bits per heavy atom. The van der Waals surface area contributed by atoms with Crippen LogP contribution >= 0.6 is 12.4 Å². The monoisotopic (exact) mass is 225 g/mol. The van der Waals surface area contributed by atoms with Crippen LogP contribution in [0.15, 0.2) is 24.3 Å². The molecular formula is C13H20ClN. The molecule has 0 radical (unpaired) electrons. The molecule has 0 spiro atoms. The molecule has 0 bridgehead atoms. The molecule has 1 atom stereocenters. The minimum absolute atomic E-state index is 0. The van der Waals surface area contributed by atoms with Crippen LogP contribution in [0.3, 0.4) is 0 Å². The van der Waals surface area contributed by atoms with Crippen molar-refractivity contribution >= 4 is 12.4 Å². The lowest BCUT2D eigenvalue weighted by Gasteiger charge is -2.27. The van der Waals surface area contributed by atoms with Crippen molar-refractivity contribution < 1.29 is 0 Å². The van der Waals surface area contributed by atoms with Gasteiger partial charge in [0.25, 0.3) is 0 Å². The summed E-state index contributed by atoms with van der Waals surface area (Å²) in [6.45, 7) is 2.33. The first-order chi connectivity index (χ1) is 6.73. The molecule has 1 nitrogen and oxygen atoms in total. The Morgan fingerprint density at radius 2 is 1.87 bits per heavy atom. The van der Waals surface area contributed by atoms with Gasteiger partial charge in [-0.05, 0) is 50.8 Å². The number of halogens is 1. The van der Waals surface area contributed by atoms with E-state index in [2.05, 4.69) is 43.6 Å².